The fourth-order valence-corrected chi connectivity index (χ4v) is 2.37. The van der Waals surface area contributed by atoms with E-state index in [1.807, 2.05) is 0 Å². The van der Waals surface area contributed by atoms with Crippen molar-refractivity contribution in [2.45, 2.75) is 44.7 Å². The molecule has 0 spiro atoms. The Hall–Kier alpha value is -0.820. The third-order valence-electron chi connectivity index (χ3n) is 3.45. The van der Waals surface area contributed by atoms with Crippen LogP contribution in [0.15, 0.2) is 18.2 Å². The molecule has 14 heavy (non-hydrogen) atoms. The summed E-state index contributed by atoms with van der Waals surface area (Å²) in [5.41, 5.74) is 4.67. The molecule has 1 nitrogen and oxygen atoms in total. The molecule has 1 aromatic carbocycles. The molecule has 0 radical (unpaired) electrons. The number of hydrogen-bond acceptors (Lipinski definition) is 1. The van der Waals surface area contributed by atoms with Crippen molar-refractivity contribution in [1.82, 2.24) is 5.32 Å². The van der Waals surface area contributed by atoms with Gasteiger partial charge in [0.15, 0.2) is 0 Å². The van der Waals surface area contributed by atoms with Crippen molar-refractivity contribution in [2.24, 2.45) is 0 Å². The lowest BCUT2D eigenvalue weighted by Crippen LogP contribution is -2.32. The predicted molar refractivity (Wildman–Crippen MR) is 58.4 cm³/mol. The first-order valence-electron chi connectivity index (χ1n) is 5.68. The van der Waals surface area contributed by atoms with E-state index in [0.717, 1.165) is 12.5 Å². The Labute approximate surface area is 85.5 Å². The van der Waals surface area contributed by atoms with Crippen LogP contribution in [-0.4, -0.2) is 6.04 Å². The lowest BCUT2D eigenvalue weighted by Gasteiger charge is -2.23. The van der Waals surface area contributed by atoms with Crippen molar-refractivity contribution in [1.29, 1.82) is 0 Å². The first kappa shape index (κ1) is 8.49. The first-order valence-corrected chi connectivity index (χ1v) is 5.68. The van der Waals surface area contributed by atoms with Crippen molar-refractivity contribution in [2.75, 3.05) is 0 Å². The second-order valence-electron chi connectivity index (χ2n) is 4.79. The van der Waals surface area contributed by atoms with Gasteiger partial charge in [-0.15, -0.1) is 0 Å². The van der Waals surface area contributed by atoms with Crippen LogP contribution in [0.5, 0.6) is 0 Å². The zero-order valence-corrected chi connectivity index (χ0v) is 8.72. The smallest absolute Gasteiger partial charge is 0.0210 e. The molecule has 0 saturated heterocycles. The second kappa shape index (κ2) is 3.09. The Morgan fingerprint density at radius 2 is 2.07 bits per heavy atom. The van der Waals surface area contributed by atoms with Gasteiger partial charge in [-0.2, -0.15) is 0 Å². The molecular formula is C13H17N. The molecule has 2 aliphatic rings. The number of nitrogens with one attached hydrogen (secondary N) is 1. The number of rotatable bonds is 1. The summed E-state index contributed by atoms with van der Waals surface area (Å²) in [5, 5.41) is 3.50. The van der Waals surface area contributed by atoms with Gasteiger partial charge in [-0.1, -0.05) is 18.2 Å². The maximum atomic E-state index is 3.50. The highest BCUT2D eigenvalue weighted by Crippen LogP contribution is 2.40. The van der Waals surface area contributed by atoms with E-state index in [4.69, 9.17) is 0 Å². The molecule has 1 unspecified atom stereocenters. The van der Waals surface area contributed by atoms with Crippen LogP contribution in [0.25, 0.3) is 0 Å². The minimum absolute atomic E-state index is 0.650. The molecule has 1 heterocycles. The third kappa shape index (κ3) is 1.46. The van der Waals surface area contributed by atoms with Crippen LogP contribution in [0.1, 0.15) is 42.4 Å². The van der Waals surface area contributed by atoms with E-state index in [1.165, 1.54) is 24.8 Å². The molecule has 0 bridgehead atoms. The zero-order chi connectivity index (χ0) is 9.54. The molecule has 1 fully saturated rings. The molecular weight excluding hydrogens is 170 g/mol. The highest BCUT2D eigenvalue weighted by Gasteiger charge is 2.24. The van der Waals surface area contributed by atoms with Gasteiger partial charge in [0.1, 0.15) is 0 Å². The maximum absolute atomic E-state index is 3.50. The molecule has 1 N–H and O–H groups in total. The number of hydrogen-bond donors (Lipinski definition) is 1. The van der Waals surface area contributed by atoms with Gasteiger partial charge < -0.3 is 5.32 Å². The Morgan fingerprint density at radius 1 is 1.21 bits per heavy atom. The normalized spacial score (nSPS) is 25.9. The molecule has 1 aliphatic carbocycles. The van der Waals surface area contributed by atoms with Gasteiger partial charge in [-0.25, -0.2) is 0 Å². The van der Waals surface area contributed by atoms with Crippen LogP contribution >= 0.6 is 0 Å². The SMILES string of the molecule is CC1Cc2cc(C3CC3)ccc2CN1. The topological polar surface area (TPSA) is 12.0 Å². The second-order valence-corrected chi connectivity index (χ2v) is 4.79. The molecule has 0 amide bonds. The third-order valence-corrected chi connectivity index (χ3v) is 3.45. The molecule has 1 atom stereocenters. The lowest BCUT2D eigenvalue weighted by atomic mass is 9.93. The van der Waals surface area contributed by atoms with Crippen LogP contribution in [0.3, 0.4) is 0 Å². The van der Waals surface area contributed by atoms with E-state index >= 15 is 0 Å². The van der Waals surface area contributed by atoms with Gasteiger partial charge >= 0.3 is 0 Å². The van der Waals surface area contributed by atoms with E-state index in [9.17, 15) is 0 Å². The molecule has 1 heteroatoms. The van der Waals surface area contributed by atoms with E-state index in [0.29, 0.717) is 6.04 Å². The Balaban J connectivity index is 1.95. The summed E-state index contributed by atoms with van der Waals surface area (Å²) in [4.78, 5) is 0. The number of fused-ring (bicyclic) bond motifs is 1. The van der Waals surface area contributed by atoms with Gasteiger partial charge in [-0.05, 0) is 48.8 Å². The van der Waals surface area contributed by atoms with Gasteiger partial charge in [0.2, 0.25) is 0 Å². The van der Waals surface area contributed by atoms with Gasteiger partial charge in [0, 0.05) is 12.6 Å². The Kier molecular flexibility index (Phi) is 1.88. The van der Waals surface area contributed by atoms with Crippen LogP contribution in [0.4, 0.5) is 0 Å². The van der Waals surface area contributed by atoms with Crippen molar-refractivity contribution in [3.8, 4) is 0 Å². The quantitative estimate of drug-likeness (QED) is 0.712. The summed E-state index contributed by atoms with van der Waals surface area (Å²) < 4.78 is 0. The summed E-state index contributed by atoms with van der Waals surface area (Å²) in [7, 11) is 0. The lowest BCUT2D eigenvalue weighted by molar-refractivity contribution is 0.513. The summed E-state index contributed by atoms with van der Waals surface area (Å²) in [6.07, 6.45) is 4.02. The zero-order valence-electron chi connectivity index (χ0n) is 8.72. The Bertz CT molecular complexity index is 352. The Morgan fingerprint density at radius 3 is 2.86 bits per heavy atom. The van der Waals surface area contributed by atoms with Crippen molar-refractivity contribution in [3.05, 3.63) is 34.9 Å². The van der Waals surface area contributed by atoms with Gasteiger partial charge in [0.25, 0.3) is 0 Å². The fourth-order valence-electron chi connectivity index (χ4n) is 2.37. The minimum atomic E-state index is 0.650. The van der Waals surface area contributed by atoms with Crippen LogP contribution in [0, 0.1) is 0 Å². The monoisotopic (exact) mass is 187 g/mol. The van der Waals surface area contributed by atoms with Crippen LogP contribution < -0.4 is 5.32 Å². The summed E-state index contributed by atoms with van der Waals surface area (Å²) in [6, 6.07) is 7.75. The summed E-state index contributed by atoms with van der Waals surface area (Å²) in [6.45, 7) is 3.33. The van der Waals surface area contributed by atoms with Crippen molar-refractivity contribution >= 4 is 0 Å². The molecule has 74 valence electrons. The van der Waals surface area contributed by atoms with Crippen molar-refractivity contribution < 1.29 is 0 Å². The van der Waals surface area contributed by atoms with Crippen LogP contribution in [0.2, 0.25) is 0 Å². The number of benzene rings is 1. The maximum Gasteiger partial charge on any atom is 0.0210 e. The minimum Gasteiger partial charge on any atom is -0.310 e. The van der Waals surface area contributed by atoms with Gasteiger partial charge in [0.05, 0.1) is 0 Å². The molecule has 1 aliphatic heterocycles. The summed E-state index contributed by atoms with van der Waals surface area (Å²) in [5.74, 6) is 0.894. The fraction of sp³-hybridized carbons (Fsp3) is 0.538. The van der Waals surface area contributed by atoms with E-state index in [1.54, 1.807) is 11.1 Å². The molecule has 0 aromatic heterocycles. The highest BCUT2D eigenvalue weighted by molar-refractivity contribution is 5.37. The van der Waals surface area contributed by atoms with Crippen LogP contribution in [-0.2, 0) is 13.0 Å². The molecule has 3 rings (SSSR count). The van der Waals surface area contributed by atoms with Gasteiger partial charge in [-0.3, -0.25) is 0 Å². The largest absolute Gasteiger partial charge is 0.310 e. The molecule has 1 saturated carbocycles. The highest BCUT2D eigenvalue weighted by atomic mass is 14.9. The predicted octanol–water partition coefficient (Wildman–Crippen LogP) is 2.60. The van der Waals surface area contributed by atoms with E-state index < -0.39 is 0 Å². The summed E-state index contributed by atoms with van der Waals surface area (Å²) >= 11 is 0. The van der Waals surface area contributed by atoms with Crippen molar-refractivity contribution in [3.63, 3.8) is 0 Å². The van der Waals surface area contributed by atoms with E-state index in [-0.39, 0.29) is 0 Å². The van der Waals surface area contributed by atoms with E-state index in [2.05, 4.69) is 30.4 Å². The average Bonchev–Trinajstić information content (AvgIpc) is 3.00. The molecule has 1 aromatic rings. The first-order chi connectivity index (χ1) is 6.83. The standard InChI is InChI=1S/C13H17N/c1-9-6-13-7-11(10-2-3-10)4-5-12(13)8-14-9/h4-5,7,9-10,14H,2-3,6,8H2,1H3. The average molecular weight is 187 g/mol.